The average molecular weight is 1490 g/mol. The van der Waals surface area contributed by atoms with Crippen molar-refractivity contribution in [1.29, 1.82) is 0 Å². The molecule has 1 aliphatic carbocycles. The van der Waals surface area contributed by atoms with E-state index in [0.29, 0.717) is 12.1 Å². The molecule has 0 saturated carbocycles. The van der Waals surface area contributed by atoms with E-state index in [9.17, 15) is 77.8 Å². The van der Waals surface area contributed by atoms with Crippen molar-refractivity contribution in [2.24, 2.45) is 4.99 Å². The van der Waals surface area contributed by atoms with E-state index in [2.05, 4.69) is 71.8 Å². The van der Waals surface area contributed by atoms with Gasteiger partial charge in [0.15, 0.2) is 22.8 Å². The number of nitrogens with one attached hydrogen (secondary N) is 6. The van der Waals surface area contributed by atoms with Crippen molar-refractivity contribution in [2.75, 3.05) is 58.1 Å². The zero-order chi connectivity index (χ0) is 61.9. The van der Waals surface area contributed by atoms with Crippen molar-refractivity contribution in [3.05, 3.63) is 87.2 Å². The van der Waals surface area contributed by atoms with Gasteiger partial charge in [0.2, 0.25) is 34.4 Å². The number of aromatic nitrogens is 7. The molecule has 0 fully saturated rings. The number of halogens is 3. The van der Waals surface area contributed by atoms with E-state index in [-0.39, 0.29) is 272 Å². The van der Waals surface area contributed by atoms with Crippen molar-refractivity contribution in [3.63, 3.8) is 0 Å². The SMILES string of the molecule is CCc1c2c(c(Cl)c3oc4c(S(=O)(=O)[O-])c(=NCCNc5nc(Cl)nc(Nc6ccc(S(=O)(=O)[O-])cc6S(=O)(=O)[O-])n5)ccc-4nc13)Nc1ccc(NCCNc3nc(Cl)nc(Nc4ccc(S(=O)(=O)[O-])cc4S(=O)(=O)[O-])n3)c(S(=O)(=O)[O-])c1O2.[Na+].[Na+].[Na+].[Na+].[Na+].[Na+]. The van der Waals surface area contributed by atoms with Gasteiger partial charge >= 0.3 is 177 Å². The van der Waals surface area contributed by atoms with Crippen LogP contribution in [0.3, 0.4) is 0 Å². The van der Waals surface area contributed by atoms with Crippen LogP contribution in [0.1, 0.15) is 12.5 Å². The van der Waals surface area contributed by atoms with Crippen LogP contribution >= 0.6 is 34.8 Å². The third kappa shape index (κ3) is 19.9. The molecule has 0 bridgehead atoms. The number of rotatable bonds is 20. The normalized spacial score (nSPS) is 12.3. The van der Waals surface area contributed by atoms with E-state index in [1.165, 1.54) is 18.2 Å². The Morgan fingerprint density at radius 2 is 0.989 bits per heavy atom. The molecule has 9 rings (SSSR count). The number of ether oxygens (including phenoxy) is 1. The molecule has 0 saturated heterocycles. The van der Waals surface area contributed by atoms with Crippen LogP contribution in [0, 0.1) is 0 Å². The molecule has 0 radical (unpaired) electrons. The predicted octanol–water partition coefficient (Wildman–Crippen LogP) is -14.9. The summed E-state index contributed by atoms with van der Waals surface area (Å²) in [4.78, 5) is 25.9. The molecular formula is C42H29Cl3N14Na6O20S6. The molecule has 4 aromatic carbocycles. The first-order valence-corrected chi connectivity index (χ1v) is 32.5. The van der Waals surface area contributed by atoms with Crippen LogP contribution in [0.2, 0.25) is 15.6 Å². The average Bonchev–Trinajstić information content (AvgIpc) is 0.728. The summed E-state index contributed by atoms with van der Waals surface area (Å²) in [5.74, 6) is -2.72. The van der Waals surface area contributed by atoms with E-state index in [0.717, 1.165) is 30.3 Å². The molecule has 0 atom stereocenters. The van der Waals surface area contributed by atoms with Gasteiger partial charge in [0, 0.05) is 25.2 Å². The fraction of sp³-hybridized carbons (Fsp3) is 0.143. The minimum atomic E-state index is -5.46. The Labute approximate surface area is 663 Å². The fourth-order valence-electron chi connectivity index (χ4n) is 8.04. The molecule has 6 aromatic rings. The maximum atomic E-state index is 13.0. The Balaban J connectivity index is 0.00000360. The predicted molar refractivity (Wildman–Crippen MR) is 288 cm³/mol. The molecule has 6 N–H and O–H groups in total. The van der Waals surface area contributed by atoms with E-state index in [1.54, 1.807) is 6.92 Å². The van der Waals surface area contributed by atoms with Crippen LogP contribution in [0.15, 0.2) is 99.4 Å². The summed E-state index contributed by atoms with van der Waals surface area (Å²) in [6, 6.07) is 8.65. The fourth-order valence-corrected chi connectivity index (χ4v) is 12.6. The van der Waals surface area contributed by atoms with E-state index in [4.69, 9.17) is 44.0 Å². The first-order chi connectivity index (χ1) is 39.6. The van der Waals surface area contributed by atoms with Crippen molar-refractivity contribution in [3.8, 4) is 23.0 Å². The summed E-state index contributed by atoms with van der Waals surface area (Å²) in [6.45, 7) is 0.745. The molecule has 0 unspecified atom stereocenters. The van der Waals surface area contributed by atoms with Crippen LogP contribution in [0.5, 0.6) is 11.5 Å². The molecule has 91 heavy (non-hydrogen) atoms. The number of anilines is 9. The largest absolute Gasteiger partial charge is 1.00 e. The summed E-state index contributed by atoms with van der Waals surface area (Å²) in [6.07, 6.45) is 0.0433. The molecule has 3 aliphatic rings. The van der Waals surface area contributed by atoms with Crippen LogP contribution in [0.4, 0.5) is 52.2 Å². The third-order valence-corrected chi connectivity index (χ3v) is 17.4. The van der Waals surface area contributed by atoms with Crippen molar-refractivity contribution >= 4 is 159 Å². The zero-order valence-corrected chi connectivity index (χ0v) is 66.8. The Morgan fingerprint density at radius 1 is 0.516 bits per heavy atom. The first-order valence-electron chi connectivity index (χ1n) is 22.9. The maximum absolute atomic E-state index is 13.0. The third-order valence-electron chi connectivity index (χ3n) is 11.5. The molecule has 34 nitrogen and oxygen atoms in total. The Morgan fingerprint density at radius 3 is 1.46 bits per heavy atom. The van der Waals surface area contributed by atoms with Gasteiger partial charge in [0.1, 0.15) is 92.4 Å². The molecule has 4 heterocycles. The smallest absolute Gasteiger partial charge is 0.744 e. The summed E-state index contributed by atoms with van der Waals surface area (Å²) in [7, 11) is -32.0. The number of fused-ring (bicyclic) bond motifs is 4. The van der Waals surface area contributed by atoms with Gasteiger partial charge in [-0.3, -0.25) is 4.99 Å². The van der Waals surface area contributed by atoms with Crippen molar-refractivity contribution < 1.29 is 264 Å². The summed E-state index contributed by atoms with van der Waals surface area (Å²) in [5.41, 5.74) is -1.88. The van der Waals surface area contributed by atoms with E-state index in [1.807, 2.05) is 0 Å². The summed E-state index contributed by atoms with van der Waals surface area (Å²) >= 11 is 19.0. The minimum Gasteiger partial charge on any atom is -0.744 e. The Bertz CT molecular complexity index is 4910. The molecule has 0 spiro atoms. The Hall–Kier alpha value is -1.55. The molecule has 49 heteroatoms. The van der Waals surface area contributed by atoms with Gasteiger partial charge in [0.05, 0.1) is 54.2 Å². The molecule has 450 valence electrons. The molecular weight excluding hydrogens is 1460 g/mol. The van der Waals surface area contributed by atoms with Gasteiger partial charge < -0.3 is 68.4 Å². The van der Waals surface area contributed by atoms with Crippen molar-refractivity contribution in [2.45, 2.75) is 42.7 Å². The second kappa shape index (κ2) is 32.9. The van der Waals surface area contributed by atoms with Crippen LogP contribution in [-0.4, -0.2) is 139 Å². The van der Waals surface area contributed by atoms with Gasteiger partial charge in [0.25, 0.3) is 0 Å². The first kappa shape index (κ1) is 83.7. The number of nitrogens with zero attached hydrogens (tertiary/aromatic N) is 8. The van der Waals surface area contributed by atoms with E-state index >= 15 is 0 Å². The maximum Gasteiger partial charge on any atom is 1.00 e. The molecule has 2 aromatic heterocycles. The van der Waals surface area contributed by atoms with Crippen LogP contribution in [0.25, 0.3) is 22.6 Å². The number of hydrogen-bond acceptors (Lipinski definition) is 34. The number of aryl methyl sites for hydroxylation is 1. The second-order valence-electron chi connectivity index (χ2n) is 17.0. The summed E-state index contributed by atoms with van der Waals surface area (Å²) < 4.78 is 231. The molecule has 0 amide bonds. The van der Waals surface area contributed by atoms with Gasteiger partial charge in [-0.2, -0.15) is 29.9 Å². The standard InChI is InChI=1S/C42H35Cl3N14O20S6.6Na/c1-2-19-29-34(79-33-22(50-29)7-9-25(36(33)85(75,76)77)47-12-14-49-40-55-38(45)57-42(59-40)53-21-6-4-18(81(63,64)65)16-27(21)83(69,70)71)28(43)30-31(19)78-32-23(51-30)8-10-24(35(32)84(72,73)74)46-11-13-48-39-54-37(44)56-41(58-39)52-20-5-3-17(80(60,61)62)15-26(20)82(66,67)68;;;;;;/h3-10,15-16,46,51H,2,11-14H2,1H3,(H,60,61,62)(H,63,64,65)(H,66,67,68)(H,69,70,71)(H,72,73,74)(H,75,76,77)(H2,48,52,54,56,58)(H2,49,53,55,57,59);;;;;;/q;6*+1/p-6. The number of benzene rings is 5. The van der Waals surface area contributed by atoms with Crippen molar-refractivity contribution in [1.82, 2.24) is 34.9 Å². The zero-order valence-electron chi connectivity index (χ0n) is 47.6. The summed E-state index contributed by atoms with van der Waals surface area (Å²) in [5, 5.41) is 14.2. The molecule has 2 aliphatic heterocycles. The van der Waals surface area contributed by atoms with E-state index < -0.39 is 141 Å². The monoisotopic (exact) mass is 1480 g/mol. The van der Waals surface area contributed by atoms with Gasteiger partial charge in [-0.05, 0) is 90.3 Å². The quantitative estimate of drug-likeness (QED) is 0.0179. The van der Waals surface area contributed by atoms with Gasteiger partial charge in [-0.15, -0.1) is 0 Å². The van der Waals surface area contributed by atoms with Gasteiger partial charge in [-0.1, -0.05) is 18.5 Å². The second-order valence-corrected chi connectivity index (χ2v) is 26.1. The Kier molecular flexibility index (Phi) is 30.2. The van der Waals surface area contributed by atoms with Crippen LogP contribution in [-0.2, 0) is 67.1 Å². The van der Waals surface area contributed by atoms with Gasteiger partial charge in [-0.25, -0.2) is 55.5 Å². The minimum absolute atomic E-state index is 0. The topological polar surface area (TPSA) is 540 Å². The van der Waals surface area contributed by atoms with Crippen LogP contribution < -0.4 is 219 Å². The number of hydrogen-bond donors (Lipinski definition) is 6.